The highest BCUT2D eigenvalue weighted by atomic mass is 35.5. The highest BCUT2D eigenvalue weighted by molar-refractivity contribution is 7.93. The molecule has 0 bridgehead atoms. The Bertz CT molecular complexity index is 623. The molecule has 18 heavy (non-hydrogen) atoms. The quantitative estimate of drug-likeness (QED) is 0.941. The van der Waals surface area contributed by atoms with Crippen molar-refractivity contribution in [2.24, 2.45) is 0 Å². The van der Waals surface area contributed by atoms with Crippen LogP contribution in [0.1, 0.15) is 10.8 Å². The first-order valence-corrected chi connectivity index (χ1v) is 8.19. The summed E-state index contributed by atoms with van der Waals surface area (Å²) >= 11 is 7.29. The molecule has 1 atom stereocenters. The van der Waals surface area contributed by atoms with Crippen LogP contribution in [-0.4, -0.2) is 15.0 Å². The Labute approximate surface area is 115 Å². The average molecular weight is 303 g/mol. The molecule has 1 heterocycles. The maximum Gasteiger partial charge on any atom is 0.200 e. The van der Waals surface area contributed by atoms with Crippen molar-refractivity contribution in [2.45, 2.75) is 9.46 Å². The highest BCUT2D eigenvalue weighted by Gasteiger charge is 2.31. The fourth-order valence-corrected chi connectivity index (χ4v) is 5.01. The summed E-state index contributed by atoms with van der Waals surface area (Å²) in [6, 6.07) is 10.3. The van der Waals surface area contributed by atoms with Gasteiger partial charge in [-0.2, -0.15) is 0 Å². The van der Waals surface area contributed by atoms with Crippen molar-refractivity contribution in [1.82, 2.24) is 0 Å². The summed E-state index contributed by atoms with van der Waals surface area (Å²) in [6.45, 7) is 0.254. The van der Waals surface area contributed by atoms with Crippen molar-refractivity contribution in [3.63, 3.8) is 0 Å². The molecule has 0 radical (unpaired) electrons. The van der Waals surface area contributed by atoms with E-state index in [0.29, 0.717) is 14.8 Å². The van der Waals surface area contributed by atoms with E-state index in [1.807, 2.05) is 0 Å². The second-order valence-corrected chi connectivity index (χ2v) is 7.49. The number of sulfone groups is 1. The first-order valence-electron chi connectivity index (χ1n) is 5.38. The molecular formula is C12H13ClNO2S2+. The van der Waals surface area contributed by atoms with Gasteiger partial charge in [-0.1, -0.05) is 35.9 Å². The van der Waals surface area contributed by atoms with E-state index in [2.05, 4.69) is 5.73 Å². The number of rotatable bonds is 4. The summed E-state index contributed by atoms with van der Waals surface area (Å²) in [6.07, 6.45) is 0. The number of hydrogen-bond donors (Lipinski definition) is 1. The van der Waals surface area contributed by atoms with Crippen LogP contribution in [0.3, 0.4) is 0 Å². The van der Waals surface area contributed by atoms with E-state index in [9.17, 15) is 8.42 Å². The minimum atomic E-state index is -3.41. The maximum absolute atomic E-state index is 12.5. The van der Waals surface area contributed by atoms with Crippen LogP contribution in [0.15, 0.2) is 46.0 Å². The standard InChI is InChI=1S/C12H12ClNO2S2/c13-10-5-2-1-4-9(10)11(8-14)18(15,16)12-6-3-7-17-12/h1-7,11H,8,14H2/p+1/t11-/m1/s1. The minimum Gasteiger partial charge on any atom is -0.356 e. The van der Waals surface area contributed by atoms with Crippen molar-refractivity contribution < 1.29 is 14.2 Å². The predicted octanol–water partition coefficient (Wildman–Crippen LogP) is 2.16. The fourth-order valence-electron chi connectivity index (χ4n) is 1.78. The van der Waals surface area contributed by atoms with Crippen molar-refractivity contribution >= 4 is 32.8 Å². The Balaban J connectivity index is 2.51. The highest BCUT2D eigenvalue weighted by Crippen LogP contribution is 2.33. The lowest BCUT2D eigenvalue weighted by atomic mass is 10.1. The lowest BCUT2D eigenvalue weighted by Gasteiger charge is -2.14. The molecule has 2 rings (SSSR count). The molecule has 0 saturated heterocycles. The van der Waals surface area contributed by atoms with E-state index in [1.165, 1.54) is 11.3 Å². The summed E-state index contributed by atoms with van der Waals surface area (Å²) in [4.78, 5) is 0. The van der Waals surface area contributed by atoms with Gasteiger partial charge >= 0.3 is 0 Å². The third kappa shape index (κ3) is 2.44. The number of quaternary nitrogens is 1. The summed E-state index contributed by atoms with van der Waals surface area (Å²) in [5, 5.41) is 1.52. The Morgan fingerprint density at radius 3 is 2.50 bits per heavy atom. The van der Waals surface area contributed by atoms with Gasteiger partial charge in [-0.15, -0.1) is 11.3 Å². The molecule has 0 saturated carbocycles. The van der Waals surface area contributed by atoms with E-state index in [-0.39, 0.29) is 6.54 Å². The number of hydrogen-bond acceptors (Lipinski definition) is 3. The van der Waals surface area contributed by atoms with Crippen molar-refractivity contribution in [1.29, 1.82) is 0 Å². The topological polar surface area (TPSA) is 61.8 Å². The molecule has 0 spiro atoms. The Kier molecular flexibility index (Phi) is 4.07. The molecule has 3 N–H and O–H groups in total. The zero-order chi connectivity index (χ0) is 13.2. The summed E-state index contributed by atoms with van der Waals surface area (Å²) in [5.74, 6) is 0. The predicted molar refractivity (Wildman–Crippen MR) is 73.5 cm³/mol. The molecule has 3 nitrogen and oxygen atoms in total. The Morgan fingerprint density at radius 2 is 1.94 bits per heavy atom. The molecule has 0 amide bonds. The summed E-state index contributed by atoms with van der Waals surface area (Å²) < 4.78 is 25.3. The molecule has 1 aromatic heterocycles. The molecule has 1 aromatic carbocycles. The van der Waals surface area contributed by atoms with Crippen LogP contribution in [0.5, 0.6) is 0 Å². The fraction of sp³-hybridized carbons (Fsp3) is 0.167. The van der Waals surface area contributed by atoms with Gasteiger partial charge in [-0.05, 0) is 23.1 Å². The molecular weight excluding hydrogens is 290 g/mol. The van der Waals surface area contributed by atoms with Crippen LogP contribution in [0, 0.1) is 0 Å². The summed E-state index contributed by atoms with van der Waals surface area (Å²) in [7, 11) is -3.41. The molecule has 0 aliphatic rings. The van der Waals surface area contributed by atoms with Gasteiger partial charge in [-0.3, -0.25) is 0 Å². The van der Waals surface area contributed by atoms with E-state index < -0.39 is 15.1 Å². The van der Waals surface area contributed by atoms with Gasteiger partial charge in [0.2, 0.25) is 0 Å². The number of halogens is 1. The van der Waals surface area contributed by atoms with Gasteiger partial charge in [0.25, 0.3) is 0 Å². The van der Waals surface area contributed by atoms with Gasteiger partial charge < -0.3 is 5.73 Å². The van der Waals surface area contributed by atoms with Crippen LogP contribution >= 0.6 is 22.9 Å². The lowest BCUT2D eigenvalue weighted by molar-refractivity contribution is -0.367. The van der Waals surface area contributed by atoms with E-state index in [4.69, 9.17) is 11.6 Å². The SMILES string of the molecule is [NH3+]C[C@H](c1ccccc1Cl)S(=O)(=O)c1cccs1. The van der Waals surface area contributed by atoms with Crippen LogP contribution in [0.25, 0.3) is 0 Å². The first kappa shape index (κ1) is 13.5. The monoisotopic (exact) mass is 302 g/mol. The molecule has 0 aliphatic heterocycles. The molecule has 96 valence electrons. The molecule has 2 aromatic rings. The third-order valence-corrected chi connectivity index (χ3v) is 6.59. The zero-order valence-corrected chi connectivity index (χ0v) is 11.9. The minimum absolute atomic E-state index is 0.254. The number of thiophene rings is 1. The number of benzene rings is 1. The smallest absolute Gasteiger partial charge is 0.200 e. The zero-order valence-electron chi connectivity index (χ0n) is 9.54. The summed E-state index contributed by atoms with van der Waals surface area (Å²) in [5.41, 5.74) is 4.36. The molecule has 0 fully saturated rings. The van der Waals surface area contributed by atoms with Gasteiger partial charge in [0.15, 0.2) is 9.84 Å². The van der Waals surface area contributed by atoms with Gasteiger partial charge in [-0.25, -0.2) is 8.42 Å². The second kappa shape index (κ2) is 5.40. The molecule has 6 heteroatoms. The molecule has 0 unspecified atom stereocenters. The van der Waals surface area contributed by atoms with Crippen molar-refractivity contribution in [3.05, 3.63) is 52.4 Å². The second-order valence-electron chi connectivity index (χ2n) is 3.78. The normalized spacial score (nSPS) is 13.4. The van der Waals surface area contributed by atoms with Crippen LogP contribution in [0.2, 0.25) is 5.02 Å². The van der Waals surface area contributed by atoms with E-state index in [0.717, 1.165) is 0 Å². The Hall–Kier alpha value is -0.880. The first-order chi connectivity index (χ1) is 8.57. The Morgan fingerprint density at radius 1 is 1.22 bits per heavy atom. The average Bonchev–Trinajstić information content (AvgIpc) is 2.86. The maximum atomic E-state index is 12.5. The van der Waals surface area contributed by atoms with Gasteiger partial charge in [0.05, 0.1) is 6.54 Å². The van der Waals surface area contributed by atoms with Gasteiger partial charge in [0.1, 0.15) is 9.46 Å². The van der Waals surface area contributed by atoms with Gasteiger partial charge in [0, 0.05) is 5.02 Å². The van der Waals surface area contributed by atoms with Crippen LogP contribution in [0.4, 0.5) is 0 Å². The van der Waals surface area contributed by atoms with Crippen molar-refractivity contribution in [2.75, 3.05) is 6.54 Å². The van der Waals surface area contributed by atoms with Crippen molar-refractivity contribution in [3.8, 4) is 0 Å². The van der Waals surface area contributed by atoms with Crippen LogP contribution in [-0.2, 0) is 9.84 Å². The molecule has 0 aliphatic carbocycles. The van der Waals surface area contributed by atoms with E-state index in [1.54, 1.807) is 41.8 Å². The third-order valence-electron chi connectivity index (χ3n) is 2.66. The largest absolute Gasteiger partial charge is 0.356 e. The lowest BCUT2D eigenvalue weighted by Crippen LogP contribution is -2.54. The van der Waals surface area contributed by atoms with Crippen LogP contribution < -0.4 is 5.73 Å². The van der Waals surface area contributed by atoms with E-state index >= 15 is 0 Å².